The van der Waals surface area contributed by atoms with Crippen LogP contribution < -0.4 is 10.5 Å². The second-order valence-corrected chi connectivity index (χ2v) is 6.88. The Bertz CT molecular complexity index is 990. The van der Waals surface area contributed by atoms with Gasteiger partial charge in [-0.05, 0) is 17.7 Å². The monoisotopic (exact) mass is 368 g/mol. The van der Waals surface area contributed by atoms with Gasteiger partial charge in [0.2, 0.25) is 0 Å². The number of nitro benzene ring substituents is 1. The predicted molar refractivity (Wildman–Crippen MR) is 102 cm³/mol. The standard InChI is InChI=1S/C19H16N2O4S/c1-26(24)19-11-15(20)16(21(22)23)12-18(19)25-17-10-6-5-9-14(17)13-7-3-2-4-8-13/h2-12H,20H2,1H3. The molecule has 0 spiro atoms. The molecule has 7 heteroatoms. The number of nitrogens with two attached hydrogens (primary N) is 1. The number of rotatable bonds is 5. The predicted octanol–water partition coefficient (Wildman–Crippen LogP) is 4.37. The van der Waals surface area contributed by atoms with Gasteiger partial charge in [-0.25, -0.2) is 0 Å². The summed E-state index contributed by atoms with van der Waals surface area (Å²) in [5, 5.41) is 11.2. The first-order valence-corrected chi connectivity index (χ1v) is 9.27. The summed E-state index contributed by atoms with van der Waals surface area (Å²) in [6, 6.07) is 19.5. The van der Waals surface area contributed by atoms with Gasteiger partial charge in [0.1, 0.15) is 11.4 Å². The van der Waals surface area contributed by atoms with Crippen LogP contribution >= 0.6 is 0 Å². The molecule has 132 valence electrons. The third-order valence-corrected chi connectivity index (χ3v) is 4.73. The first-order valence-electron chi connectivity index (χ1n) is 7.71. The summed E-state index contributed by atoms with van der Waals surface area (Å²) in [6.45, 7) is 0. The van der Waals surface area contributed by atoms with Crippen LogP contribution in [0.2, 0.25) is 0 Å². The van der Waals surface area contributed by atoms with E-state index in [2.05, 4.69) is 0 Å². The van der Waals surface area contributed by atoms with Crippen molar-refractivity contribution in [3.05, 3.63) is 76.8 Å². The zero-order valence-electron chi connectivity index (χ0n) is 13.9. The quantitative estimate of drug-likeness (QED) is 0.410. The van der Waals surface area contributed by atoms with Crippen molar-refractivity contribution < 1.29 is 13.9 Å². The zero-order valence-corrected chi connectivity index (χ0v) is 14.7. The number of hydrogen-bond acceptors (Lipinski definition) is 5. The second kappa shape index (κ2) is 7.37. The molecule has 0 bridgehead atoms. The van der Waals surface area contributed by atoms with Gasteiger partial charge >= 0.3 is 0 Å². The summed E-state index contributed by atoms with van der Waals surface area (Å²) in [6.07, 6.45) is 1.47. The van der Waals surface area contributed by atoms with E-state index in [4.69, 9.17) is 10.5 Å². The van der Waals surface area contributed by atoms with Crippen molar-refractivity contribution in [1.82, 2.24) is 0 Å². The van der Waals surface area contributed by atoms with E-state index in [0.29, 0.717) is 10.6 Å². The molecular formula is C19H16N2O4S. The maximum Gasteiger partial charge on any atom is 0.295 e. The number of hydrogen-bond donors (Lipinski definition) is 1. The molecule has 0 aromatic heterocycles. The summed E-state index contributed by atoms with van der Waals surface area (Å²) in [5.74, 6) is 0.652. The van der Waals surface area contributed by atoms with Crippen LogP contribution in [-0.4, -0.2) is 15.4 Å². The van der Waals surface area contributed by atoms with E-state index in [1.165, 1.54) is 18.4 Å². The van der Waals surface area contributed by atoms with Crippen molar-refractivity contribution in [2.24, 2.45) is 0 Å². The van der Waals surface area contributed by atoms with Crippen molar-refractivity contribution in [1.29, 1.82) is 0 Å². The molecule has 1 unspecified atom stereocenters. The molecule has 0 heterocycles. The third-order valence-electron chi connectivity index (χ3n) is 3.79. The smallest absolute Gasteiger partial charge is 0.295 e. The van der Waals surface area contributed by atoms with E-state index in [1.54, 1.807) is 12.1 Å². The molecule has 0 radical (unpaired) electrons. The molecule has 3 rings (SSSR count). The Morgan fingerprint density at radius 3 is 2.31 bits per heavy atom. The molecular weight excluding hydrogens is 352 g/mol. The number of benzene rings is 3. The van der Waals surface area contributed by atoms with E-state index in [0.717, 1.165) is 11.1 Å². The molecule has 6 nitrogen and oxygen atoms in total. The molecule has 0 aliphatic rings. The van der Waals surface area contributed by atoms with Gasteiger partial charge in [-0.1, -0.05) is 48.5 Å². The highest BCUT2D eigenvalue weighted by molar-refractivity contribution is 7.84. The lowest BCUT2D eigenvalue weighted by molar-refractivity contribution is -0.384. The van der Waals surface area contributed by atoms with E-state index in [9.17, 15) is 14.3 Å². The molecule has 0 saturated heterocycles. The first-order chi connectivity index (χ1) is 12.5. The average molecular weight is 368 g/mol. The number of nitro groups is 1. The highest BCUT2D eigenvalue weighted by atomic mass is 32.2. The van der Waals surface area contributed by atoms with Crippen LogP contribution in [0.15, 0.2) is 71.6 Å². The molecule has 0 saturated carbocycles. The third kappa shape index (κ3) is 3.57. The topological polar surface area (TPSA) is 95.5 Å². The maximum absolute atomic E-state index is 12.1. The van der Waals surface area contributed by atoms with Gasteiger partial charge in [-0.3, -0.25) is 14.3 Å². The summed E-state index contributed by atoms with van der Waals surface area (Å²) < 4.78 is 18.0. The van der Waals surface area contributed by atoms with Crippen molar-refractivity contribution in [3.63, 3.8) is 0 Å². The van der Waals surface area contributed by atoms with Crippen molar-refractivity contribution in [2.75, 3.05) is 12.0 Å². The lowest BCUT2D eigenvalue weighted by Crippen LogP contribution is -2.01. The van der Waals surface area contributed by atoms with Crippen LogP contribution in [0.1, 0.15) is 0 Å². The van der Waals surface area contributed by atoms with E-state index < -0.39 is 15.7 Å². The van der Waals surface area contributed by atoms with E-state index in [1.807, 2.05) is 42.5 Å². The van der Waals surface area contributed by atoms with Gasteiger partial charge < -0.3 is 10.5 Å². The summed E-state index contributed by atoms with van der Waals surface area (Å²) in [4.78, 5) is 10.9. The number of nitrogen functional groups attached to an aromatic ring is 1. The lowest BCUT2D eigenvalue weighted by atomic mass is 10.0. The largest absolute Gasteiger partial charge is 0.455 e. The van der Waals surface area contributed by atoms with Gasteiger partial charge in [0.15, 0.2) is 5.75 Å². The Hall–Kier alpha value is -3.19. The average Bonchev–Trinajstić information content (AvgIpc) is 2.63. The van der Waals surface area contributed by atoms with Crippen molar-refractivity contribution >= 4 is 22.2 Å². The van der Waals surface area contributed by atoms with Gasteiger partial charge in [-0.2, -0.15) is 0 Å². The molecule has 0 aliphatic carbocycles. The Labute approximate surface area is 152 Å². The summed E-state index contributed by atoms with van der Waals surface area (Å²) in [7, 11) is -1.42. The van der Waals surface area contributed by atoms with Gasteiger partial charge in [0.25, 0.3) is 5.69 Å². The molecule has 26 heavy (non-hydrogen) atoms. The Balaban J connectivity index is 2.11. The fourth-order valence-corrected chi connectivity index (χ4v) is 3.23. The van der Waals surface area contributed by atoms with Crippen LogP contribution in [-0.2, 0) is 10.8 Å². The molecule has 3 aromatic rings. The van der Waals surface area contributed by atoms with Crippen LogP contribution in [0.25, 0.3) is 11.1 Å². The maximum atomic E-state index is 12.1. The van der Waals surface area contributed by atoms with Crippen LogP contribution in [0.3, 0.4) is 0 Å². The first kappa shape index (κ1) is 17.6. The van der Waals surface area contributed by atoms with Gasteiger partial charge in [0.05, 0.1) is 26.7 Å². The van der Waals surface area contributed by atoms with Gasteiger partial charge in [0, 0.05) is 11.8 Å². The van der Waals surface area contributed by atoms with E-state index >= 15 is 0 Å². The Morgan fingerprint density at radius 1 is 1.00 bits per heavy atom. The van der Waals surface area contributed by atoms with E-state index in [-0.39, 0.29) is 17.1 Å². The minimum atomic E-state index is -1.42. The molecule has 0 fully saturated rings. The zero-order chi connectivity index (χ0) is 18.7. The lowest BCUT2D eigenvalue weighted by Gasteiger charge is -2.14. The minimum Gasteiger partial charge on any atom is -0.455 e. The molecule has 0 amide bonds. The Kier molecular flexibility index (Phi) is 4.99. The summed E-state index contributed by atoms with van der Waals surface area (Å²) >= 11 is 0. The van der Waals surface area contributed by atoms with Crippen molar-refractivity contribution in [3.8, 4) is 22.6 Å². The van der Waals surface area contributed by atoms with Crippen LogP contribution in [0.4, 0.5) is 11.4 Å². The second-order valence-electron chi connectivity index (χ2n) is 5.53. The molecule has 3 aromatic carbocycles. The van der Waals surface area contributed by atoms with Crippen LogP contribution in [0, 0.1) is 10.1 Å². The molecule has 0 aliphatic heterocycles. The number of ether oxygens (including phenoxy) is 1. The SMILES string of the molecule is CS(=O)c1cc(N)c([N+](=O)[O-])cc1Oc1ccccc1-c1ccccc1. The fraction of sp³-hybridized carbons (Fsp3) is 0.0526. The van der Waals surface area contributed by atoms with Crippen molar-refractivity contribution in [2.45, 2.75) is 4.90 Å². The minimum absolute atomic E-state index is 0.0519. The normalized spacial score (nSPS) is 11.7. The highest BCUT2D eigenvalue weighted by Gasteiger charge is 2.20. The summed E-state index contributed by atoms with van der Waals surface area (Å²) in [5.41, 5.74) is 7.13. The fourth-order valence-electron chi connectivity index (χ4n) is 2.56. The van der Waals surface area contributed by atoms with Crippen LogP contribution in [0.5, 0.6) is 11.5 Å². The highest BCUT2D eigenvalue weighted by Crippen LogP contribution is 2.38. The van der Waals surface area contributed by atoms with Gasteiger partial charge in [-0.15, -0.1) is 0 Å². The molecule has 2 N–H and O–H groups in total. The number of para-hydroxylation sites is 1. The number of nitrogens with zero attached hydrogens (tertiary/aromatic N) is 1. The molecule has 1 atom stereocenters. The number of anilines is 1. The Morgan fingerprint density at radius 2 is 1.65 bits per heavy atom.